The van der Waals surface area contributed by atoms with Crippen molar-refractivity contribution in [2.24, 2.45) is 0 Å². The molecule has 3 nitrogen and oxygen atoms in total. The van der Waals surface area contributed by atoms with Crippen molar-refractivity contribution >= 4 is 0 Å². The summed E-state index contributed by atoms with van der Waals surface area (Å²) >= 11 is 0. The van der Waals surface area contributed by atoms with E-state index < -0.39 is 0 Å². The summed E-state index contributed by atoms with van der Waals surface area (Å²) in [7, 11) is 1.69. The first-order valence-corrected chi connectivity index (χ1v) is 7.07. The van der Waals surface area contributed by atoms with Crippen LogP contribution in [-0.4, -0.2) is 13.2 Å². The number of benzene rings is 1. The standard InChI is InChI=1S/C16H22N2O/c1-19-12-13-7-9-14(10-8-13)16(11-17)18-15-5-3-2-4-6-15/h7-10,15-16,18H,2-6,12H2,1H3. The minimum Gasteiger partial charge on any atom is -0.380 e. The summed E-state index contributed by atoms with van der Waals surface area (Å²) in [5.41, 5.74) is 2.19. The van der Waals surface area contributed by atoms with Gasteiger partial charge in [-0.05, 0) is 24.0 Å². The number of ether oxygens (including phenoxy) is 1. The molecule has 0 aliphatic heterocycles. The van der Waals surface area contributed by atoms with E-state index in [4.69, 9.17) is 4.74 Å². The Morgan fingerprint density at radius 1 is 1.26 bits per heavy atom. The average Bonchev–Trinajstić information content (AvgIpc) is 2.47. The molecule has 1 saturated carbocycles. The zero-order valence-electron chi connectivity index (χ0n) is 11.6. The van der Waals surface area contributed by atoms with Gasteiger partial charge in [0.2, 0.25) is 0 Å². The molecular weight excluding hydrogens is 236 g/mol. The third-order valence-corrected chi connectivity index (χ3v) is 3.76. The van der Waals surface area contributed by atoms with E-state index in [1.165, 1.54) is 32.1 Å². The van der Waals surface area contributed by atoms with Crippen molar-refractivity contribution in [2.75, 3.05) is 7.11 Å². The quantitative estimate of drug-likeness (QED) is 0.881. The Morgan fingerprint density at radius 3 is 2.53 bits per heavy atom. The van der Waals surface area contributed by atoms with Gasteiger partial charge < -0.3 is 4.74 Å². The lowest BCUT2D eigenvalue weighted by molar-refractivity contribution is 0.185. The molecule has 19 heavy (non-hydrogen) atoms. The lowest BCUT2D eigenvalue weighted by atomic mass is 9.94. The molecule has 0 aromatic heterocycles. The van der Waals surface area contributed by atoms with Gasteiger partial charge in [-0.2, -0.15) is 5.26 Å². The zero-order chi connectivity index (χ0) is 13.5. The van der Waals surface area contributed by atoms with Crippen molar-refractivity contribution in [1.82, 2.24) is 5.32 Å². The van der Waals surface area contributed by atoms with Crippen molar-refractivity contribution in [1.29, 1.82) is 5.26 Å². The van der Waals surface area contributed by atoms with E-state index in [2.05, 4.69) is 11.4 Å². The molecule has 0 amide bonds. The highest BCUT2D eigenvalue weighted by Gasteiger charge is 2.18. The molecule has 2 rings (SSSR count). The number of nitrogens with one attached hydrogen (secondary N) is 1. The summed E-state index contributed by atoms with van der Waals surface area (Å²) in [4.78, 5) is 0. The van der Waals surface area contributed by atoms with Crippen LogP contribution < -0.4 is 5.32 Å². The molecule has 0 spiro atoms. The van der Waals surface area contributed by atoms with Gasteiger partial charge in [-0.15, -0.1) is 0 Å². The van der Waals surface area contributed by atoms with Gasteiger partial charge >= 0.3 is 0 Å². The molecule has 0 bridgehead atoms. The lowest BCUT2D eigenvalue weighted by Gasteiger charge is -2.25. The highest BCUT2D eigenvalue weighted by atomic mass is 16.5. The van der Waals surface area contributed by atoms with E-state index in [1.54, 1.807) is 7.11 Å². The minimum absolute atomic E-state index is 0.195. The molecule has 3 heteroatoms. The fourth-order valence-corrected chi connectivity index (χ4v) is 2.69. The van der Waals surface area contributed by atoms with Crippen molar-refractivity contribution in [3.8, 4) is 6.07 Å². The Labute approximate surface area is 115 Å². The normalized spacial score (nSPS) is 17.9. The molecule has 1 fully saturated rings. The van der Waals surface area contributed by atoms with Crippen molar-refractivity contribution in [3.05, 3.63) is 35.4 Å². The first-order chi connectivity index (χ1) is 9.33. The van der Waals surface area contributed by atoms with Gasteiger partial charge in [0.15, 0.2) is 0 Å². The van der Waals surface area contributed by atoms with Gasteiger partial charge in [0.25, 0.3) is 0 Å². The smallest absolute Gasteiger partial charge is 0.121 e. The summed E-state index contributed by atoms with van der Waals surface area (Å²) in [6, 6.07) is 10.8. The first-order valence-electron chi connectivity index (χ1n) is 7.07. The van der Waals surface area contributed by atoms with Gasteiger partial charge in [0.1, 0.15) is 6.04 Å². The van der Waals surface area contributed by atoms with Crippen LogP contribution in [-0.2, 0) is 11.3 Å². The topological polar surface area (TPSA) is 45.0 Å². The third-order valence-electron chi connectivity index (χ3n) is 3.76. The van der Waals surface area contributed by atoms with Crippen molar-refractivity contribution < 1.29 is 4.74 Å². The molecule has 1 unspecified atom stereocenters. The summed E-state index contributed by atoms with van der Waals surface area (Å²) in [6.45, 7) is 0.619. The second kappa shape index (κ2) is 7.28. The Hall–Kier alpha value is -1.37. The fourth-order valence-electron chi connectivity index (χ4n) is 2.69. The van der Waals surface area contributed by atoms with Gasteiger partial charge in [-0.3, -0.25) is 5.32 Å². The Kier molecular flexibility index (Phi) is 5.38. The number of nitriles is 1. The van der Waals surface area contributed by atoms with E-state index in [-0.39, 0.29) is 6.04 Å². The Balaban J connectivity index is 1.98. The first kappa shape index (κ1) is 14.0. The monoisotopic (exact) mass is 258 g/mol. The lowest BCUT2D eigenvalue weighted by Crippen LogP contribution is -2.33. The van der Waals surface area contributed by atoms with Crippen LogP contribution in [0, 0.1) is 11.3 Å². The maximum absolute atomic E-state index is 9.35. The largest absolute Gasteiger partial charge is 0.380 e. The summed E-state index contributed by atoms with van der Waals surface area (Å²) in [5, 5.41) is 12.8. The number of rotatable bonds is 5. The van der Waals surface area contributed by atoms with Gasteiger partial charge in [-0.1, -0.05) is 43.5 Å². The molecule has 1 aliphatic carbocycles. The van der Waals surface area contributed by atoms with E-state index in [1.807, 2.05) is 24.3 Å². The number of nitrogens with zero attached hydrogens (tertiary/aromatic N) is 1. The number of methoxy groups -OCH3 is 1. The van der Waals surface area contributed by atoms with Crippen LogP contribution in [0.5, 0.6) is 0 Å². The molecule has 1 aliphatic rings. The van der Waals surface area contributed by atoms with Crippen LogP contribution >= 0.6 is 0 Å². The second-order valence-corrected chi connectivity index (χ2v) is 5.24. The van der Waals surface area contributed by atoms with Crippen LogP contribution in [0.2, 0.25) is 0 Å². The van der Waals surface area contributed by atoms with E-state index in [0.717, 1.165) is 11.1 Å². The minimum atomic E-state index is -0.195. The van der Waals surface area contributed by atoms with Crippen LogP contribution in [0.3, 0.4) is 0 Å². The van der Waals surface area contributed by atoms with Gasteiger partial charge in [-0.25, -0.2) is 0 Å². The Morgan fingerprint density at radius 2 is 1.95 bits per heavy atom. The number of hydrogen-bond acceptors (Lipinski definition) is 3. The summed E-state index contributed by atoms with van der Waals surface area (Å²) in [6.07, 6.45) is 6.28. The van der Waals surface area contributed by atoms with Crippen LogP contribution in [0.1, 0.15) is 49.3 Å². The molecular formula is C16H22N2O. The molecule has 0 saturated heterocycles. The summed E-state index contributed by atoms with van der Waals surface area (Å²) in [5.74, 6) is 0. The van der Waals surface area contributed by atoms with E-state index in [9.17, 15) is 5.26 Å². The van der Waals surface area contributed by atoms with Gasteiger partial charge in [0.05, 0.1) is 12.7 Å². The maximum Gasteiger partial charge on any atom is 0.121 e. The van der Waals surface area contributed by atoms with Crippen molar-refractivity contribution in [3.63, 3.8) is 0 Å². The molecule has 102 valence electrons. The van der Waals surface area contributed by atoms with E-state index >= 15 is 0 Å². The highest BCUT2D eigenvalue weighted by molar-refractivity contribution is 5.28. The molecule has 1 aromatic rings. The van der Waals surface area contributed by atoms with Crippen LogP contribution in [0.25, 0.3) is 0 Å². The van der Waals surface area contributed by atoms with Gasteiger partial charge in [0, 0.05) is 13.2 Å². The van der Waals surface area contributed by atoms with Crippen LogP contribution in [0.15, 0.2) is 24.3 Å². The SMILES string of the molecule is COCc1ccc(C(C#N)NC2CCCCC2)cc1. The molecule has 1 N–H and O–H groups in total. The average molecular weight is 258 g/mol. The summed E-state index contributed by atoms with van der Waals surface area (Å²) < 4.78 is 5.10. The molecule has 0 radical (unpaired) electrons. The molecule has 1 atom stereocenters. The Bertz CT molecular complexity index is 415. The van der Waals surface area contributed by atoms with Crippen LogP contribution in [0.4, 0.5) is 0 Å². The number of hydrogen-bond donors (Lipinski definition) is 1. The highest BCUT2D eigenvalue weighted by Crippen LogP contribution is 2.21. The maximum atomic E-state index is 9.35. The predicted octanol–water partition coefficient (Wildman–Crippen LogP) is 3.32. The third kappa shape index (κ3) is 4.05. The second-order valence-electron chi connectivity index (χ2n) is 5.24. The molecule has 0 heterocycles. The fraction of sp³-hybridized carbons (Fsp3) is 0.562. The predicted molar refractivity (Wildman–Crippen MR) is 75.5 cm³/mol. The zero-order valence-corrected chi connectivity index (χ0v) is 11.6. The molecule has 1 aromatic carbocycles. The van der Waals surface area contributed by atoms with E-state index in [0.29, 0.717) is 12.6 Å². The van der Waals surface area contributed by atoms with Crippen molar-refractivity contribution in [2.45, 2.75) is 50.8 Å².